The van der Waals surface area contributed by atoms with Gasteiger partial charge in [-0.2, -0.15) is 13.2 Å². The molecule has 84 valence electrons. The second-order valence-electron chi connectivity index (χ2n) is 2.95. The Balaban J connectivity index is -0.000000845. The summed E-state index contributed by atoms with van der Waals surface area (Å²) in [7, 11) is -2.87. The Labute approximate surface area is 179 Å². The fraction of sp³-hybridized carbons (Fsp3) is 1.00. The SMILES string of the molecule is CCCCCC(OB([O-])[O-])C(F)(F)F.[K+].[K+]. The van der Waals surface area contributed by atoms with Gasteiger partial charge in [-0.25, -0.2) is 0 Å². The maximum Gasteiger partial charge on any atom is 1.00 e. The molecule has 0 saturated heterocycles. The van der Waals surface area contributed by atoms with Crippen LogP contribution in [-0.2, 0) is 4.65 Å². The minimum atomic E-state index is -4.62. The third-order valence-electron chi connectivity index (χ3n) is 1.71. The topological polar surface area (TPSA) is 55.3 Å². The zero-order valence-corrected chi connectivity index (χ0v) is 16.1. The molecule has 0 aliphatic heterocycles. The number of rotatable bonds is 6. The fourth-order valence-corrected chi connectivity index (χ4v) is 1.02. The predicted octanol–water partition coefficient (Wildman–Crippen LogP) is -5.77. The summed E-state index contributed by atoms with van der Waals surface area (Å²) in [5, 5.41) is 19.9. The average Bonchev–Trinajstić information content (AvgIpc) is 2.00. The van der Waals surface area contributed by atoms with Crippen LogP contribution in [0.2, 0.25) is 0 Å². The molecule has 0 N–H and O–H groups in total. The van der Waals surface area contributed by atoms with Crippen molar-refractivity contribution in [3.8, 4) is 0 Å². The van der Waals surface area contributed by atoms with Crippen molar-refractivity contribution in [2.45, 2.75) is 44.9 Å². The minimum absolute atomic E-state index is 0. The van der Waals surface area contributed by atoms with Gasteiger partial charge in [0.05, 0.1) is 7.32 Å². The van der Waals surface area contributed by atoms with Gasteiger partial charge in [-0.1, -0.05) is 26.2 Å². The number of hydrogen-bond acceptors (Lipinski definition) is 3. The van der Waals surface area contributed by atoms with E-state index in [1.165, 1.54) is 0 Å². The molecule has 0 saturated carbocycles. The van der Waals surface area contributed by atoms with Gasteiger partial charge in [0, 0.05) is 0 Å². The van der Waals surface area contributed by atoms with Gasteiger partial charge < -0.3 is 14.7 Å². The van der Waals surface area contributed by atoms with Crippen LogP contribution < -0.4 is 113 Å². The van der Waals surface area contributed by atoms with Crippen molar-refractivity contribution in [2.24, 2.45) is 0 Å². The molecule has 1 unspecified atom stereocenters. The molecule has 3 nitrogen and oxygen atoms in total. The number of alkyl halides is 3. The fourth-order valence-electron chi connectivity index (χ4n) is 1.02. The quantitative estimate of drug-likeness (QED) is 0.362. The summed E-state index contributed by atoms with van der Waals surface area (Å²) in [5.74, 6) is 0. The molecule has 0 amide bonds. The van der Waals surface area contributed by atoms with Gasteiger partial charge in [-0.05, 0) is 6.42 Å². The van der Waals surface area contributed by atoms with Crippen LogP contribution in [0.5, 0.6) is 0 Å². The minimum Gasteiger partial charge on any atom is -0.871 e. The van der Waals surface area contributed by atoms with E-state index in [9.17, 15) is 23.2 Å². The van der Waals surface area contributed by atoms with E-state index in [1.54, 1.807) is 0 Å². The third kappa shape index (κ3) is 13.4. The summed E-state index contributed by atoms with van der Waals surface area (Å²) >= 11 is 0. The summed E-state index contributed by atoms with van der Waals surface area (Å²) in [6, 6.07) is 0. The standard InChI is InChI=1S/C7H12BF3O3.2K/c1-2-3-4-5-6(7(9,10)11)14-8(12)13;;/h6H,2-5H2,1H3;;/q-2;2*+1. The van der Waals surface area contributed by atoms with Crippen molar-refractivity contribution < 1.29 is 131 Å². The van der Waals surface area contributed by atoms with E-state index < -0.39 is 19.6 Å². The van der Waals surface area contributed by atoms with E-state index in [2.05, 4.69) is 4.65 Å². The van der Waals surface area contributed by atoms with Crippen molar-refractivity contribution in [1.82, 2.24) is 0 Å². The van der Waals surface area contributed by atoms with Gasteiger partial charge in [-0.15, -0.1) is 0 Å². The van der Waals surface area contributed by atoms with Gasteiger partial charge in [0.15, 0.2) is 0 Å². The van der Waals surface area contributed by atoms with Crippen LogP contribution >= 0.6 is 0 Å². The first-order valence-electron chi connectivity index (χ1n) is 4.41. The Hall–Kier alpha value is 3.01. The normalized spacial score (nSPS) is 12.4. The molecule has 16 heavy (non-hydrogen) atoms. The zero-order valence-electron chi connectivity index (χ0n) is 9.84. The molecule has 0 bridgehead atoms. The van der Waals surface area contributed by atoms with Crippen LogP contribution in [-0.4, -0.2) is 19.6 Å². The number of unbranched alkanes of at least 4 members (excludes halogenated alkanes) is 2. The number of hydrogen-bond donors (Lipinski definition) is 0. The Bertz CT molecular complexity index is 160. The van der Waals surface area contributed by atoms with Gasteiger partial charge in [0.1, 0.15) is 6.10 Å². The van der Waals surface area contributed by atoms with E-state index in [0.29, 0.717) is 12.8 Å². The molecule has 0 aromatic rings. The molecular formula is C7H12BF3K2O3. The predicted molar refractivity (Wildman–Crippen MR) is 40.8 cm³/mol. The van der Waals surface area contributed by atoms with E-state index in [0.717, 1.165) is 6.42 Å². The molecule has 0 aromatic carbocycles. The smallest absolute Gasteiger partial charge is 0.871 e. The average molecular weight is 290 g/mol. The molecule has 0 heterocycles. The first-order chi connectivity index (χ1) is 6.38. The van der Waals surface area contributed by atoms with Crippen molar-refractivity contribution >= 4 is 7.32 Å². The summed E-state index contributed by atoms with van der Waals surface area (Å²) < 4.78 is 40.0. The zero-order chi connectivity index (χ0) is 11.2. The van der Waals surface area contributed by atoms with Crippen molar-refractivity contribution in [3.05, 3.63) is 0 Å². The molecule has 0 spiro atoms. The molecule has 0 aliphatic rings. The Morgan fingerprint density at radius 3 is 2.00 bits per heavy atom. The van der Waals surface area contributed by atoms with Crippen molar-refractivity contribution in [1.29, 1.82) is 0 Å². The van der Waals surface area contributed by atoms with Crippen LogP contribution in [0.3, 0.4) is 0 Å². The van der Waals surface area contributed by atoms with Crippen LogP contribution in [0.1, 0.15) is 32.6 Å². The van der Waals surface area contributed by atoms with Gasteiger partial charge >= 0.3 is 109 Å². The summed E-state index contributed by atoms with van der Waals surface area (Å²) in [6.07, 6.45) is -5.47. The largest absolute Gasteiger partial charge is 1.00 e. The summed E-state index contributed by atoms with van der Waals surface area (Å²) in [4.78, 5) is 0. The van der Waals surface area contributed by atoms with Crippen molar-refractivity contribution in [3.63, 3.8) is 0 Å². The van der Waals surface area contributed by atoms with Crippen LogP contribution in [0.15, 0.2) is 0 Å². The Morgan fingerprint density at radius 1 is 1.19 bits per heavy atom. The molecule has 0 radical (unpaired) electrons. The van der Waals surface area contributed by atoms with Gasteiger partial charge in [0.25, 0.3) is 0 Å². The van der Waals surface area contributed by atoms with Gasteiger partial charge in [-0.3, -0.25) is 0 Å². The molecule has 0 aliphatic carbocycles. The van der Waals surface area contributed by atoms with E-state index in [4.69, 9.17) is 0 Å². The summed E-state index contributed by atoms with van der Waals surface area (Å²) in [5.41, 5.74) is 0. The van der Waals surface area contributed by atoms with Crippen LogP contribution in [0.25, 0.3) is 0 Å². The maximum absolute atomic E-state index is 12.1. The molecule has 0 fully saturated rings. The van der Waals surface area contributed by atoms with Gasteiger partial charge in [0.2, 0.25) is 0 Å². The van der Waals surface area contributed by atoms with E-state index in [1.807, 2.05) is 6.92 Å². The number of halogens is 3. The molecular weight excluding hydrogens is 278 g/mol. The first kappa shape index (κ1) is 24.1. The van der Waals surface area contributed by atoms with Crippen LogP contribution in [0.4, 0.5) is 13.2 Å². The third-order valence-corrected chi connectivity index (χ3v) is 1.71. The van der Waals surface area contributed by atoms with E-state index >= 15 is 0 Å². The Morgan fingerprint density at radius 2 is 1.69 bits per heavy atom. The molecule has 0 aromatic heterocycles. The monoisotopic (exact) mass is 290 g/mol. The van der Waals surface area contributed by atoms with Crippen molar-refractivity contribution in [2.75, 3.05) is 0 Å². The van der Waals surface area contributed by atoms with Crippen LogP contribution in [0, 0.1) is 0 Å². The molecule has 0 rings (SSSR count). The second-order valence-corrected chi connectivity index (χ2v) is 2.95. The van der Waals surface area contributed by atoms with E-state index in [-0.39, 0.29) is 109 Å². The first-order valence-corrected chi connectivity index (χ1v) is 4.41. The maximum atomic E-state index is 12.1. The molecule has 9 heteroatoms. The summed E-state index contributed by atoms with van der Waals surface area (Å²) in [6.45, 7) is 1.84. The molecule has 1 atom stereocenters. The second kappa shape index (κ2) is 13.0. The Kier molecular flexibility index (Phi) is 19.6.